The maximum atomic E-state index is 12.0. The van der Waals surface area contributed by atoms with Crippen molar-refractivity contribution in [3.63, 3.8) is 0 Å². The third kappa shape index (κ3) is 3.22. The fourth-order valence-electron chi connectivity index (χ4n) is 2.62. The largest absolute Gasteiger partial charge is 0.302 e. The number of hydrogen-bond donors (Lipinski definition) is 1. The first-order valence-corrected chi connectivity index (χ1v) is 7.85. The highest BCUT2D eigenvalue weighted by atomic mass is 32.1. The van der Waals surface area contributed by atoms with E-state index in [-0.39, 0.29) is 5.91 Å². The van der Waals surface area contributed by atoms with Crippen LogP contribution in [0.2, 0.25) is 0 Å². The standard InChI is InChI=1S/C15H17N3OS/c19-14(8-11-4-1-2-5-11)18-15-17-13(10-20-15)12-6-3-7-16-9-12/h3,6-7,9-11H,1-2,4-5,8H2,(H,17,18,19). The zero-order valence-corrected chi connectivity index (χ0v) is 12.0. The molecule has 1 N–H and O–H groups in total. The highest BCUT2D eigenvalue weighted by Crippen LogP contribution is 2.28. The topological polar surface area (TPSA) is 54.9 Å². The molecule has 2 heterocycles. The average Bonchev–Trinajstić information content (AvgIpc) is 3.11. The van der Waals surface area contributed by atoms with E-state index in [1.165, 1.54) is 37.0 Å². The van der Waals surface area contributed by atoms with Gasteiger partial charge in [-0.1, -0.05) is 12.8 Å². The van der Waals surface area contributed by atoms with Crippen LogP contribution in [0, 0.1) is 5.92 Å². The van der Waals surface area contributed by atoms with E-state index in [1.807, 2.05) is 17.5 Å². The molecule has 1 aliphatic carbocycles. The first kappa shape index (κ1) is 13.2. The molecule has 0 saturated heterocycles. The summed E-state index contributed by atoms with van der Waals surface area (Å²) in [6.07, 6.45) is 9.04. The molecule has 0 aromatic carbocycles. The molecule has 2 aromatic rings. The molecular weight excluding hydrogens is 270 g/mol. The molecule has 0 atom stereocenters. The Morgan fingerprint density at radius 3 is 3.00 bits per heavy atom. The smallest absolute Gasteiger partial charge is 0.226 e. The molecule has 104 valence electrons. The van der Waals surface area contributed by atoms with Crippen molar-refractivity contribution < 1.29 is 4.79 Å². The predicted octanol–water partition coefficient (Wildman–Crippen LogP) is 3.72. The van der Waals surface area contributed by atoms with Gasteiger partial charge in [0, 0.05) is 29.8 Å². The monoisotopic (exact) mass is 287 g/mol. The Labute approximate surface area is 122 Å². The number of thiazole rings is 1. The van der Waals surface area contributed by atoms with E-state index in [0.717, 1.165) is 11.3 Å². The fraction of sp³-hybridized carbons (Fsp3) is 0.400. The molecule has 4 nitrogen and oxygen atoms in total. The van der Waals surface area contributed by atoms with Gasteiger partial charge in [0.2, 0.25) is 5.91 Å². The highest BCUT2D eigenvalue weighted by Gasteiger charge is 2.19. The Balaban J connectivity index is 1.61. The summed E-state index contributed by atoms with van der Waals surface area (Å²) in [5.41, 5.74) is 1.83. The first-order chi connectivity index (χ1) is 9.81. The normalized spacial score (nSPS) is 15.4. The summed E-state index contributed by atoms with van der Waals surface area (Å²) >= 11 is 1.46. The van der Waals surface area contributed by atoms with Crippen LogP contribution in [0.4, 0.5) is 5.13 Å². The van der Waals surface area contributed by atoms with Crippen LogP contribution in [0.25, 0.3) is 11.3 Å². The van der Waals surface area contributed by atoms with Crippen LogP contribution >= 0.6 is 11.3 Å². The third-order valence-electron chi connectivity index (χ3n) is 3.66. The Morgan fingerprint density at radius 2 is 2.25 bits per heavy atom. The lowest BCUT2D eigenvalue weighted by Crippen LogP contribution is -2.14. The van der Waals surface area contributed by atoms with Crippen molar-refractivity contribution in [3.8, 4) is 11.3 Å². The first-order valence-electron chi connectivity index (χ1n) is 6.97. The number of pyridine rings is 1. The molecule has 0 unspecified atom stereocenters. The number of rotatable bonds is 4. The minimum atomic E-state index is 0.0870. The fourth-order valence-corrected chi connectivity index (χ4v) is 3.36. The molecule has 0 bridgehead atoms. The molecule has 0 aliphatic heterocycles. The summed E-state index contributed by atoms with van der Waals surface area (Å²) in [6.45, 7) is 0. The van der Waals surface area contributed by atoms with Crippen LogP contribution in [0.3, 0.4) is 0 Å². The van der Waals surface area contributed by atoms with Gasteiger partial charge in [-0.3, -0.25) is 9.78 Å². The second-order valence-corrected chi connectivity index (χ2v) is 6.04. The van der Waals surface area contributed by atoms with Gasteiger partial charge >= 0.3 is 0 Å². The van der Waals surface area contributed by atoms with E-state index in [4.69, 9.17) is 0 Å². The quantitative estimate of drug-likeness (QED) is 0.932. The molecule has 20 heavy (non-hydrogen) atoms. The van der Waals surface area contributed by atoms with Crippen LogP contribution in [0.5, 0.6) is 0 Å². The van der Waals surface area contributed by atoms with Gasteiger partial charge in [0.25, 0.3) is 0 Å². The minimum Gasteiger partial charge on any atom is -0.302 e. The molecule has 3 rings (SSSR count). The number of anilines is 1. The molecule has 2 aromatic heterocycles. The lowest BCUT2D eigenvalue weighted by molar-refractivity contribution is -0.117. The zero-order valence-electron chi connectivity index (χ0n) is 11.2. The Kier molecular flexibility index (Phi) is 4.06. The van der Waals surface area contributed by atoms with E-state index >= 15 is 0 Å². The molecule has 5 heteroatoms. The second-order valence-electron chi connectivity index (χ2n) is 5.18. The number of nitrogens with one attached hydrogen (secondary N) is 1. The Hall–Kier alpha value is -1.75. The van der Waals surface area contributed by atoms with E-state index in [0.29, 0.717) is 17.5 Å². The number of carbonyl (C=O) groups excluding carboxylic acids is 1. The van der Waals surface area contributed by atoms with Crippen molar-refractivity contribution in [3.05, 3.63) is 29.9 Å². The number of hydrogen-bond acceptors (Lipinski definition) is 4. The van der Waals surface area contributed by atoms with Crippen LogP contribution in [0.15, 0.2) is 29.9 Å². The van der Waals surface area contributed by atoms with Gasteiger partial charge in [0.1, 0.15) is 0 Å². The number of amides is 1. The Morgan fingerprint density at radius 1 is 1.40 bits per heavy atom. The van der Waals surface area contributed by atoms with E-state index in [9.17, 15) is 4.79 Å². The maximum Gasteiger partial charge on any atom is 0.226 e. The molecule has 1 saturated carbocycles. The molecule has 1 amide bonds. The van der Waals surface area contributed by atoms with Crippen LogP contribution in [-0.2, 0) is 4.79 Å². The summed E-state index contributed by atoms with van der Waals surface area (Å²) in [7, 11) is 0. The van der Waals surface area contributed by atoms with Crippen LogP contribution in [-0.4, -0.2) is 15.9 Å². The predicted molar refractivity (Wildman–Crippen MR) is 80.5 cm³/mol. The van der Waals surface area contributed by atoms with Crippen molar-refractivity contribution in [2.75, 3.05) is 5.32 Å². The minimum absolute atomic E-state index is 0.0870. The molecular formula is C15H17N3OS. The van der Waals surface area contributed by atoms with Gasteiger partial charge in [-0.25, -0.2) is 4.98 Å². The van der Waals surface area contributed by atoms with Crippen molar-refractivity contribution in [2.24, 2.45) is 5.92 Å². The van der Waals surface area contributed by atoms with E-state index in [2.05, 4.69) is 15.3 Å². The highest BCUT2D eigenvalue weighted by molar-refractivity contribution is 7.14. The molecule has 1 aliphatic rings. The molecule has 1 fully saturated rings. The lowest BCUT2D eigenvalue weighted by atomic mass is 10.0. The number of carbonyl (C=O) groups is 1. The van der Waals surface area contributed by atoms with E-state index < -0.39 is 0 Å². The summed E-state index contributed by atoms with van der Waals surface area (Å²) in [6, 6.07) is 3.85. The number of nitrogens with zero attached hydrogens (tertiary/aromatic N) is 2. The lowest BCUT2D eigenvalue weighted by Gasteiger charge is -2.07. The SMILES string of the molecule is O=C(CC1CCCC1)Nc1nc(-c2cccnc2)cs1. The summed E-state index contributed by atoms with van der Waals surface area (Å²) in [5, 5.41) is 5.53. The van der Waals surface area contributed by atoms with Crippen molar-refractivity contribution in [2.45, 2.75) is 32.1 Å². The zero-order chi connectivity index (χ0) is 13.8. The maximum absolute atomic E-state index is 12.0. The van der Waals surface area contributed by atoms with Crippen molar-refractivity contribution >= 4 is 22.4 Å². The van der Waals surface area contributed by atoms with Gasteiger partial charge in [-0.15, -0.1) is 11.3 Å². The second kappa shape index (κ2) is 6.13. The van der Waals surface area contributed by atoms with Gasteiger partial charge in [-0.2, -0.15) is 0 Å². The van der Waals surface area contributed by atoms with Gasteiger partial charge in [0.15, 0.2) is 5.13 Å². The number of aromatic nitrogens is 2. The molecule has 0 radical (unpaired) electrons. The van der Waals surface area contributed by atoms with Crippen molar-refractivity contribution in [1.29, 1.82) is 0 Å². The van der Waals surface area contributed by atoms with Crippen LogP contribution in [0.1, 0.15) is 32.1 Å². The van der Waals surface area contributed by atoms with Gasteiger partial charge in [0.05, 0.1) is 5.69 Å². The van der Waals surface area contributed by atoms with Crippen molar-refractivity contribution in [1.82, 2.24) is 9.97 Å². The van der Waals surface area contributed by atoms with E-state index in [1.54, 1.807) is 12.4 Å². The summed E-state index contributed by atoms with van der Waals surface area (Å²) < 4.78 is 0. The summed E-state index contributed by atoms with van der Waals surface area (Å²) in [4.78, 5) is 20.5. The van der Waals surface area contributed by atoms with Crippen LogP contribution < -0.4 is 5.32 Å². The third-order valence-corrected chi connectivity index (χ3v) is 4.41. The average molecular weight is 287 g/mol. The Bertz CT molecular complexity index is 576. The van der Waals surface area contributed by atoms with Gasteiger partial charge < -0.3 is 5.32 Å². The summed E-state index contributed by atoms with van der Waals surface area (Å²) in [5.74, 6) is 0.650. The molecule has 0 spiro atoms. The van der Waals surface area contributed by atoms with Gasteiger partial charge in [-0.05, 0) is 30.9 Å².